The summed E-state index contributed by atoms with van der Waals surface area (Å²) in [6, 6.07) is 10.5. The van der Waals surface area contributed by atoms with Gasteiger partial charge in [0.2, 0.25) is 0 Å². The lowest BCUT2D eigenvalue weighted by Gasteiger charge is -2.11. The Bertz CT molecular complexity index is 661. The zero-order chi connectivity index (χ0) is 14.7. The highest BCUT2D eigenvalue weighted by molar-refractivity contribution is 9.10. The summed E-state index contributed by atoms with van der Waals surface area (Å²) in [5.74, 6) is -0.165. The second kappa shape index (κ2) is 6.15. The number of carbonyl (C=O) groups is 1. The van der Waals surface area contributed by atoms with Gasteiger partial charge in [0.05, 0.1) is 16.4 Å². The smallest absolute Gasteiger partial charge is 0.251 e. The molecule has 0 atom stereocenters. The fourth-order valence-corrected chi connectivity index (χ4v) is 2.11. The fraction of sp³-hybridized carbons (Fsp3) is 0.0714. The van der Waals surface area contributed by atoms with Crippen molar-refractivity contribution in [2.45, 2.75) is 0 Å². The third kappa shape index (κ3) is 3.23. The Morgan fingerprint density at radius 3 is 2.65 bits per heavy atom. The van der Waals surface area contributed by atoms with Gasteiger partial charge in [-0.15, -0.1) is 0 Å². The molecule has 0 unspecified atom stereocenters. The predicted molar refractivity (Wildman–Crippen MR) is 86.7 cm³/mol. The zero-order valence-electron chi connectivity index (χ0n) is 10.7. The topological polar surface area (TPSA) is 67.2 Å². The van der Waals surface area contributed by atoms with Crippen LogP contribution in [-0.2, 0) is 0 Å². The molecule has 0 aromatic heterocycles. The lowest BCUT2D eigenvalue weighted by Crippen LogP contribution is -2.17. The minimum Gasteiger partial charge on any atom is -0.397 e. The maximum atomic E-state index is 11.6. The SMILES string of the molecule is CNC(=O)c1ccc(N)c(Nc2ccc(Br)c(Cl)c2)c1. The van der Waals surface area contributed by atoms with E-state index in [0.29, 0.717) is 22.0 Å². The Morgan fingerprint density at radius 2 is 2.00 bits per heavy atom. The summed E-state index contributed by atoms with van der Waals surface area (Å²) in [5.41, 5.74) is 8.45. The molecule has 1 amide bonds. The van der Waals surface area contributed by atoms with E-state index in [1.165, 1.54) is 0 Å². The van der Waals surface area contributed by atoms with Gasteiger partial charge in [0.15, 0.2) is 0 Å². The molecule has 104 valence electrons. The molecule has 4 N–H and O–H groups in total. The van der Waals surface area contributed by atoms with Crippen molar-refractivity contribution >= 4 is 50.5 Å². The maximum absolute atomic E-state index is 11.6. The number of nitrogens with one attached hydrogen (secondary N) is 2. The second-order valence-electron chi connectivity index (χ2n) is 4.14. The van der Waals surface area contributed by atoms with Gasteiger partial charge in [0, 0.05) is 22.8 Å². The summed E-state index contributed by atoms with van der Waals surface area (Å²) in [4.78, 5) is 11.6. The van der Waals surface area contributed by atoms with E-state index in [9.17, 15) is 4.79 Å². The van der Waals surface area contributed by atoms with Crippen molar-refractivity contribution in [3.8, 4) is 0 Å². The lowest BCUT2D eigenvalue weighted by atomic mass is 10.1. The second-order valence-corrected chi connectivity index (χ2v) is 5.40. The molecule has 6 heteroatoms. The van der Waals surface area contributed by atoms with Crippen LogP contribution in [0.15, 0.2) is 40.9 Å². The number of hydrogen-bond donors (Lipinski definition) is 3. The number of nitrogen functional groups attached to an aromatic ring is 1. The minimum atomic E-state index is -0.165. The van der Waals surface area contributed by atoms with Crippen LogP contribution in [0.5, 0.6) is 0 Å². The van der Waals surface area contributed by atoms with E-state index in [-0.39, 0.29) is 5.91 Å². The molecule has 0 radical (unpaired) electrons. The first kappa shape index (κ1) is 14.7. The van der Waals surface area contributed by atoms with Gasteiger partial charge in [-0.1, -0.05) is 11.6 Å². The monoisotopic (exact) mass is 353 g/mol. The molecular formula is C14H13BrClN3O. The molecule has 2 aromatic carbocycles. The number of hydrogen-bond acceptors (Lipinski definition) is 3. The largest absolute Gasteiger partial charge is 0.397 e. The summed E-state index contributed by atoms with van der Waals surface area (Å²) < 4.78 is 0.816. The summed E-state index contributed by atoms with van der Waals surface area (Å²) >= 11 is 9.37. The van der Waals surface area contributed by atoms with Crippen LogP contribution in [0.2, 0.25) is 5.02 Å². The van der Waals surface area contributed by atoms with Crippen molar-refractivity contribution in [1.82, 2.24) is 5.32 Å². The third-order valence-electron chi connectivity index (χ3n) is 2.74. The van der Waals surface area contributed by atoms with Crippen LogP contribution in [0.4, 0.5) is 17.1 Å². The zero-order valence-corrected chi connectivity index (χ0v) is 13.0. The van der Waals surface area contributed by atoms with Crippen LogP contribution in [0.25, 0.3) is 0 Å². The number of halogens is 2. The summed E-state index contributed by atoms with van der Waals surface area (Å²) in [6.45, 7) is 0. The number of benzene rings is 2. The van der Waals surface area contributed by atoms with Gasteiger partial charge >= 0.3 is 0 Å². The Morgan fingerprint density at radius 1 is 1.25 bits per heavy atom. The van der Waals surface area contributed by atoms with E-state index >= 15 is 0 Å². The number of nitrogens with two attached hydrogens (primary N) is 1. The molecule has 0 fully saturated rings. The Labute approximate surface area is 130 Å². The van der Waals surface area contributed by atoms with E-state index in [2.05, 4.69) is 26.6 Å². The molecule has 0 bridgehead atoms. The number of amides is 1. The lowest BCUT2D eigenvalue weighted by molar-refractivity contribution is 0.0963. The fourth-order valence-electron chi connectivity index (χ4n) is 1.68. The van der Waals surface area contributed by atoms with Crippen molar-refractivity contribution in [3.05, 3.63) is 51.5 Å². The maximum Gasteiger partial charge on any atom is 0.251 e. The van der Waals surface area contributed by atoms with Gasteiger partial charge in [-0.05, 0) is 52.3 Å². The van der Waals surface area contributed by atoms with Crippen LogP contribution in [0.1, 0.15) is 10.4 Å². The van der Waals surface area contributed by atoms with Gasteiger partial charge < -0.3 is 16.4 Å². The molecule has 0 saturated carbocycles. The van der Waals surface area contributed by atoms with Crippen molar-refractivity contribution in [3.63, 3.8) is 0 Å². The summed E-state index contributed by atoms with van der Waals surface area (Å²) in [5, 5.41) is 6.32. The Balaban J connectivity index is 2.32. The van der Waals surface area contributed by atoms with Crippen LogP contribution >= 0.6 is 27.5 Å². The molecule has 0 heterocycles. The molecule has 20 heavy (non-hydrogen) atoms. The van der Waals surface area contributed by atoms with E-state index in [1.54, 1.807) is 31.3 Å². The van der Waals surface area contributed by atoms with Crippen LogP contribution < -0.4 is 16.4 Å². The van der Waals surface area contributed by atoms with Gasteiger partial charge in [-0.25, -0.2) is 0 Å². The number of carbonyl (C=O) groups excluding carboxylic acids is 1. The molecule has 4 nitrogen and oxygen atoms in total. The third-order valence-corrected chi connectivity index (χ3v) is 3.97. The molecule has 0 saturated heterocycles. The van der Waals surface area contributed by atoms with Gasteiger partial charge in [0.1, 0.15) is 0 Å². The van der Waals surface area contributed by atoms with Crippen molar-refractivity contribution in [1.29, 1.82) is 0 Å². The standard InChI is InChI=1S/C14H13BrClN3O/c1-18-14(20)8-2-5-12(17)13(6-8)19-9-3-4-10(15)11(16)7-9/h2-7,19H,17H2,1H3,(H,18,20). The number of anilines is 3. The van der Waals surface area contributed by atoms with E-state index < -0.39 is 0 Å². The minimum absolute atomic E-state index is 0.165. The van der Waals surface area contributed by atoms with E-state index in [1.807, 2.05) is 12.1 Å². The first-order valence-electron chi connectivity index (χ1n) is 5.85. The molecular weight excluding hydrogens is 342 g/mol. The van der Waals surface area contributed by atoms with Crippen LogP contribution in [0, 0.1) is 0 Å². The molecule has 0 spiro atoms. The first-order chi connectivity index (χ1) is 9.51. The number of rotatable bonds is 3. The normalized spacial score (nSPS) is 10.2. The molecule has 0 aliphatic rings. The highest BCUT2D eigenvalue weighted by Crippen LogP contribution is 2.29. The molecule has 2 rings (SSSR count). The van der Waals surface area contributed by atoms with Crippen LogP contribution in [0.3, 0.4) is 0 Å². The van der Waals surface area contributed by atoms with Crippen molar-refractivity contribution in [2.75, 3.05) is 18.1 Å². The average Bonchev–Trinajstić information content (AvgIpc) is 2.44. The highest BCUT2D eigenvalue weighted by Gasteiger charge is 2.08. The Hall–Kier alpha value is -1.72. The Kier molecular flexibility index (Phi) is 4.52. The molecule has 2 aromatic rings. The average molecular weight is 355 g/mol. The van der Waals surface area contributed by atoms with Crippen molar-refractivity contribution in [2.24, 2.45) is 0 Å². The summed E-state index contributed by atoms with van der Waals surface area (Å²) in [6.07, 6.45) is 0. The van der Waals surface area contributed by atoms with Gasteiger partial charge in [-0.3, -0.25) is 4.79 Å². The summed E-state index contributed by atoms with van der Waals surface area (Å²) in [7, 11) is 1.58. The van der Waals surface area contributed by atoms with Crippen molar-refractivity contribution < 1.29 is 4.79 Å². The van der Waals surface area contributed by atoms with Gasteiger partial charge in [0.25, 0.3) is 5.91 Å². The quantitative estimate of drug-likeness (QED) is 0.735. The van der Waals surface area contributed by atoms with Gasteiger partial charge in [-0.2, -0.15) is 0 Å². The molecule has 0 aliphatic carbocycles. The highest BCUT2D eigenvalue weighted by atomic mass is 79.9. The molecule has 0 aliphatic heterocycles. The van der Waals surface area contributed by atoms with Crippen LogP contribution in [-0.4, -0.2) is 13.0 Å². The predicted octanol–water partition coefficient (Wildman–Crippen LogP) is 3.79. The first-order valence-corrected chi connectivity index (χ1v) is 7.02. The van der Waals surface area contributed by atoms with E-state index in [0.717, 1.165) is 10.2 Å². The van der Waals surface area contributed by atoms with E-state index in [4.69, 9.17) is 17.3 Å².